The van der Waals surface area contributed by atoms with Gasteiger partial charge in [-0.2, -0.15) is 0 Å². The lowest BCUT2D eigenvalue weighted by molar-refractivity contribution is -0.132. The Morgan fingerprint density at radius 3 is 2.70 bits per heavy atom. The number of likely N-dealkylation sites (tertiary alicyclic amines) is 2. The average molecular weight is 376 g/mol. The summed E-state index contributed by atoms with van der Waals surface area (Å²) >= 11 is 0. The van der Waals surface area contributed by atoms with E-state index in [1.807, 2.05) is 17.9 Å². The van der Waals surface area contributed by atoms with E-state index >= 15 is 0 Å². The number of hydrogen-bond acceptors (Lipinski definition) is 6. The van der Waals surface area contributed by atoms with E-state index in [4.69, 9.17) is 0 Å². The minimum Gasteiger partial charge on any atom is -0.387 e. The molecule has 2 fully saturated rings. The standard InChI is InChI=1S/C20H33N5O2/c1-16-12-19(22-15-21-16)23(3)18-6-10-24(11-7-18)13-20(27)8-4-5-9-25(14-20)17(2)26/h12,15,18,27H,4-11,13-14H2,1-3H3. The fourth-order valence-electron chi connectivity index (χ4n) is 4.37. The fraction of sp³-hybridized carbons (Fsp3) is 0.750. The zero-order chi connectivity index (χ0) is 19.4. The van der Waals surface area contributed by atoms with E-state index < -0.39 is 5.60 Å². The highest BCUT2D eigenvalue weighted by molar-refractivity contribution is 5.73. The maximum Gasteiger partial charge on any atom is 0.219 e. The van der Waals surface area contributed by atoms with Crippen molar-refractivity contribution in [2.75, 3.05) is 44.7 Å². The number of aryl methyl sites for hydroxylation is 1. The van der Waals surface area contributed by atoms with E-state index in [0.29, 0.717) is 19.1 Å². The molecule has 0 aliphatic carbocycles. The summed E-state index contributed by atoms with van der Waals surface area (Å²) in [6, 6.07) is 2.48. The number of hydrogen-bond donors (Lipinski definition) is 1. The summed E-state index contributed by atoms with van der Waals surface area (Å²) in [6.07, 6.45) is 6.45. The van der Waals surface area contributed by atoms with Crippen LogP contribution in [0.4, 0.5) is 5.82 Å². The van der Waals surface area contributed by atoms with Gasteiger partial charge in [-0.1, -0.05) is 0 Å². The van der Waals surface area contributed by atoms with E-state index in [-0.39, 0.29) is 5.91 Å². The van der Waals surface area contributed by atoms with Gasteiger partial charge >= 0.3 is 0 Å². The SMILES string of the molecule is CC(=O)N1CCCCC(O)(CN2CCC(N(C)c3cc(C)ncn3)CC2)C1. The second-order valence-corrected chi connectivity index (χ2v) is 8.26. The summed E-state index contributed by atoms with van der Waals surface area (Å²) < 4.78 is 0. The molecule has 150 valence electrons. The number of anilines is 1. The lowest BCUT2D eigenvalue weighted by Crippen LogP contribution is -2.53. The minimum atomic E-state index is -0.787. The Morgan fingerprint density at radius 2 is 2.04 bits per heavy atom. The van der Waals surface area contributed by atoms with Crippen molar-refractivity contribution < 1.29 is 9.90 Å². The predicted molar refractivity (Wildman–Crippen MR) is 106 cm³/mol. The van der Waals surface area contributed by atoms with Gasteiger partial charge < -0.3 is 19.8 Å². The molecule has 1 atom stereocenters. The summed E-state index contributed by atoms with van der Waals surface area (Å²) in [6.45, 7) is 7.38. The summed E-state index contributed by atoms with van der Waals surface area (Å²) in [5.74, 6) is 1.04. The number of amides is 1. The van der Waals surface area contributed by atoms with Gasteiger partial charge in [0.05, 0.1) is 12.1 Å². The Balaban J connectivity index is 1.55. The quantitative estimate of drug-likeness (QED) is 0.859. The van der Waals surface area contributed by atoms with Gasteiger partial charge in [0.1, 0.15) is 12.1 Å². The Hall–Kier alpha value is -1.73. The van der Waals surface area contributed by atoms with Crippen molar-refractivity contribution >= 4 is 11.7 Å². The van der Waals surface area contributed by atoms with Crippen LogP contribution >= 0.6 is 0 Å². The highest BCUT2D eigenvalue weighted by Crippen LogP contribution is 2.26. The van der Waals surface area contributed by atoms with Gasteiger partial charge in [-0.3, -0.25) is 4.79 Å². The van der Waals surface area contributed by atoms with E-state index in [9.17, 15) is 9.90 Å². The Kier molecular flexibility index (Phi) is 6.32. The van der Waals surface area contributed by atoms with Crippen molar-refractivity contribution in [3.8, 4) is 0 Å². The molecule has 1 unspecified atom stereocenters. The molecule has 2 aliphatic heterocycles. The van der Waals surface area contributed by atoms with Crippen LogP contribution in [0.5, 0.6) is 0 Å². The summed E-state index contributed by atoms with van der Waals surface area (Å²) in [5, 5.41) is 11.1. The Morgan fingerprint density at radius 1 is 1.30 bits per heavy atom. The van der Waals surface area contributed by atoms with Crippen LogP contribution in [-0.4, -0.2) is 82.2 Å². The predicted octanol–water partition coefficient (Wildman–Crippen LogP) is 1.45. The first-order valence-corrected chi connectivity index (χ1v) is 10.1. The third-order valence-corrected chi connectivity index (χ3v) is 6.02. The van der Waals surface area contributed by atoms with Gasteiger partial charge in [0.2, 0.25) is 5.91 Å². The number of nitrogens with zero attached hydrogens (tertiary/aromatic N) is 5. The molecular weight excluding hydrogens is 342 g/mol. The number of aromatic nitrogens is 2. The van der Waals surface area contributed by atoms with Crippen LogP contribution in [0.2, 0.25) is 0 Å². The summed E-state index contributed by atoms with van der Waals surface area (Å²) in [7, 11) is 2.10. The molecule has 0 aromatic carbocycles. The van der Waals surface area contributed by atoms with Gasteiger partial charge in [0, 0.05) is 58.0 Å². The lowest BCUT2D eigenvalue weighted by atomic mass is 9.95. The molecule has 2 aliphatic rings. The highest BCUT2D eigenvalue weighted by Gasteiger charge is 2.35. The maximum absolute atomic E-state index is 11.8. The van der Waals surface area contributed by atoms with Crippen LogP contribution in [0.15, 0.2) is 12.4 Å². The molecule has 1 N–H and O–H groups in total. The molecule has 27 heavy (non-hydrogen) atoms. The first-order valence-electron chi connectivity index (χ1n) is 10.1. The first-order chi connectivity index (χ1) is 12.9. The van der Waals surface area contributed by atoms with Gasteiger partial charge in [0.15, 0.2) is 0 Å². The molecule has 0 bridgehead atoms. The zero-order valence-electron chi connectivity index (χ0n) is 16.9. The van der Waals surface area contributed by atoms with Crippen molar-refractivity contribution in [1.29, 1.82) is 0 Å². The molecule has 0 radical (unpaired) electrons. The summed E-state index contributed by atoms with van der Waals surface area (Å²) in [5.41, 5.74) is 0.194. The number of rotatable bonds is 4. The van der Waals surface area contributed by atoms with Crippen LogP contribution in [0.1, 0.15) is 44.7 Å². The van der Waals surface area contributed by atoms with Crippen molar-refractivity contribution in [2.45, 2.75) is 57.6 Å². The molecule has 1 aromatic rings. The second-order valence-electron chi connectivity index (χ2n) is 8.26. The van der Waals surface area contributed by atoms with Crippen LogP contribution in [0.3, 0.4) is 0 Å². The largest absolute Gasteiger partial charge is 0.387 e. The highest BCUT2D eigenvalue weighted by atomic mass is 16.3. The molecule has 7 nitrogen and oxygen atoms in total. The van der Waals surface area contributed by atoms with Crippen LogP contribution in [0.25, 0.3) is 0 Å². The topological polar surface area (TPSA) is 72.8 Å². The van der Waals surface area contributed by atoms with Gasteiger partial charge in [-0.25, -0.2) is 9.97 Å². The normalized spacial score (nSPS) is 25.3. The number of carbonyl (C=O) groups is 1. The van der Waals surface area contributed by atoms with Crippen LogP contribution < -0.4 is 4.90 Å². The van der Waals surface area contributed by atoms with E-state index in [0.717, 1.165) is 63.3 Å². The molecule has 3 rings (SSSR count). The third kappa shape index (κ3) is 5.17. The van der Waals surface area contributed by atoms with E-state index in [1.54, 1.807) is 13.3 Å². The van der Waals surface area contributed by atoms with Crippen molar-refractivity contribution in [2.24, 2.45) is 0 Å². The van der Waals surface area contributed by atoms with E-state index in [2.05, 4.69) is 26.8 Å². The Labute approximate surface area is 162 Å². The minimum absolute atomic E-state index is 0.0656. The molecule has 0 saturated carbocycles. The number of piperidine rings is 1. The van der Waals surface area contributed by atoms with Gasteiger partial charge in [-0.15, -0.1) is 0 Å². The van der Waals surface area contributed by atoms with Crippen molar-refractivity contribution in [3.63, 3.8) is 0 Å². The number of aliphatic hydroxyl groups is 1. The van der Waals surface area contributed by atoms with Crippen molar-refractivity contribution in [1.82, 2.24) is 19.8 Å². The smallest absolute Gasteiger partial charge is 0.219 e. The van der Waals surface area contributed by atoms with Crippen LogP contribution in [0, 0.1) is 6.92 Å². The van der Waals surface area contributed by atoms with E-state index in [1.165, 1.54) is 0 Å². The lowest BCUT2D eigenvalue weighted by Gasteiger charge is -2.41. The monoisotopic (exact) mass is 375 g/mol. The number of carbonyl (C=O) groups excluding carboxylic acids is 1. The first kappa shape index (κ1) is 20.0. The molecule has 3 heterocycles. The number of β-amino-alcohol motifs (C(OH)–C–C–N with tert-alkyl or cyclic N) is 1. The molecule has 0 spiro atoms. The molecular formula is C20H33N5O2. The van der Waals surface area contributed by atoms with Gasteiger partial charge in [0.25, 0.3) is 0 Å². The molecule has 7 heteroatoms. The zero-order valence-corrected chi connectivity index (χ0v) is 16.9. The molecule has 1 aromatic heterocycles. The fourth-order valence-corrected chi connectivity index (χ4v) is 4.37. The van der Waals surface area contributed by atoms with Crippen molar-refractivity contribution in [3.05, 3.63) is 18.1 Å². The average Bonchev–Trinajstić information content (AvgIpc) is 2.83. The Bertz CT molecular complexity index is 647. The van der Waals surface area contributed by atoms with Crippen LogP contribution in [-0.2, 0) is 4.79 Å². The molecule has 1 amide bonds. The van der Waals surface area contributed by atoms with Gasteiger partial charge in [-0.05, 0) is 39.0 Å². The third-order valence-electron chi connectivity index (χ3n) is 6.02. The second kappa shape index (κ2) is 8.52. The maximum atomic E-state index is 11.8. The summed E-state index contributed by atoms with van der Waals surface area (Å²) in [4.78, 5) is 26.8. The molecule has 2 saturated heterocycles.